The van der Waals surface area contributed by atoms with Crippen molar-refractivity contribution < 1.29 is 9.26 Å². The second-order valence-electron chi connectivity index (χ2n) is 6.14. The van der Waals surface area contributed by atoms with Crippen LogP contribution in [-0.4, -0.2) is 14.7 Å². The van der Waals surface area contributed by atoms with E-state index in [2.05, 4.69) is 10.1 Å². The molecule has 4 rings (SSSR count). The topological polar surface area (TPSA) is 53.1 Å². The van der Waals surface area contributed by atoms with Gasteiger partial charge >= 0.3 is 0 Å². The fraction of sp³-hybridized carbons (Fsp3) is 0.143. The third kappa shape index (κ3) is 3.59. The van der Waals surface area contributed by atoms with Gasteiger partial charge in [0.1, 0.15) is 23.5 Å². The Morgan fingerprint density at radius 3 is 2.63 bits per heavy atom. The minimum atomic E-state index is 0.677. The zero-order chi connectivity index (χ0) is 18.8. The molecule has 0 aliphatic rings. The summed E-state index contributed by atoms with van der Waals surface area (Å²) in [6.07, 6.45) is 2.60. The van der Waals surface area contributed by atoms with Crippen LogP contribution in [0.1, 0.15) is 18.3 Å². The van der Waals surface area contributed by atoms with Crippen LogP contribution in [0.4, 0.5) is 0 Å². The van der Waals surface area contributed by atoms with Gasteiger partial charge < -0.3 is 13.8 Å². The van der Waals surface area contributed by atoms with Crippen molar-refractivity contribution in [2.24, 2.45) is 0 Å². The lowest BCUT2D eigenvalue weighted by molar-refractivity contribution is 0.423. The molecule has 0 radical (unpaired) electrons. The van der Waals surface area contributed by atoms with Crippen molar-refractivity contribution in [3.63, 3.8) is 0 Å². The molecule has 0 aliphatic heterocycles. The Kier molecular flexibility index (Phi) is 4.69. The molecule has 2 aromatic heterocycles. The monoisotopic (exact) mass is 379 g/mol. The number of nitrogens with zero attached hydrogens (tertiary/aromatic N) is 3. The predicted molar refractivity (Wildman–Crippen MR) is 105 cm³/mol. The largest absolute Gasteiger partial charge is 0.457 e. The second-order valence-corrected chi connectivity index (χ2v) is 6.57. The molecule has 0 aliphatic carbocycles. The number of aryl methyl sites for hydroxylation is 1. The summed E-state index contributed by atoms with van der Waals surface area (Å²) in [6.45, 7) is 4.04. The van der Waals surface area contributed by atoms with Gasteiger partial charge in [-0.05, 0) is 49.7 Å². The summed E-state index contributed by atoms with van der Waals surface area (Å²) in [5.74, 6) is 2.14. The SMILES string of the molecule is CCc1cc(-c2ncn(-c3cccc(Oc4ccc(Cl)cc4)c3)c2C)on1. The quantitative estimate of drug-likeness (QED) is 0.437. The smallest absolute Gasteiger partial charge is 0.187 e. The summed E-state index contributed by atoms with van der Waals surface area (Å²) in [5.41, 5.74) is 3.62. The van der Waals surface area contributed by atoms with E-state index >= 15 is 0 Å². The Labute approximate surface area is 162 Å². The van der Waals surface area contributed by atoms with Crippen LogP contribution in [0.5, 0.6) is 11.5 Å². The van der Waals surface area contributed by atoms with Crippen molar-refractivity contribution in [1.82, 2.24) is 14.7 Å². The van der Waals surface area contributed by atoms with Crippen molar-refractivity contribution in [3.05, 3.63) is 77.3 Å². The van der Waals surface area contributed by atoms with Gasteiger partial charge in [0.05, 0.1) is 17.1 Å². The molecule has 0 fully saturated rings. The molecule has 136 valence electrons. The van der Waals surface area contributed by atoms with E-state index in [9.17, 15) is 0 Å². The van der Waals surface area contributed by atoms with E-state index in [0.717, 1.165) is 40.7 Å². The van der Waals surface area contributed by atoms with Crippen molar-refractivity contribution in [3.8, 4) is 28.6 Å². The zero-order valence-electron chi connectivity index (χ0n) is 15.0. The molecule has 0 N–H and O–H groups in total. The van der Waals surface area contributed by atoms with E-state index in [4.69, 9.17) is 20.9 Å². The van der Waals surface area contributed by atoms with Gasteiger partial charge in [-0.1, -0.05) is 29.7 Å². The van der Waals surface area contributed by atoms with Gasteiger partial charge in [-0.2, -0.15) is 0 Å². The first-order chi connectivity index (χ1) is 13.1. The number of aromatic nitrogens is 3. The Bertz CT molecular complexity index is 1070. The van der Waals surface area contributed by atoms with Gasteiger partial charge in [-0.15, -0.1) is 0 Å². The lowest BCUT2D eigenvalue weighted by atomic mass is 10.2. The summed E-state index contributed by atoms with van der Waals surface area (Å²) < 4.78 is 13.3. The normalized spacial score (nSPS) is 10.9. The molecule has 2 aromatic carbocycles. The minimum absolute atomic E-state index is 0.677. The van der Waals surface area contributed by atoms with E-state index in [-0.39, 0.29) is 0 Å². The summed E-state index contributed by atoms with van der Waals surface area (Å²) in [5, 5.41) is 4.72. The van der Waals surface area contributed by atoms with Crippen molar-refractivity contribution in [2.75, 3.05) is 0 Å². The van der Waals surface area contributed by atoms with Gasteiger partial charge in [0.15, 0.2) is 5.76 Å². The molecule has 0 saturated carbocycles. The highest BCUT2D eigenvalue weighted by atomic mass is 35.5. The molecule has 0 unspecified atom stereocenters. The average Bonchev–Trinajstić information content (AvgIpc) is 3.30. The summed E-state index contributed by atoms with van der Waals surface area (Å²) in [7, 11) is 0. The Hall–Kier alpha value is -3.05. The molecule has 0 saturated heterocycles. The molecule has 6 heteroatoms. The molecule has 2 heterocycles. The number of rotatable bonds is 5. The zero-order valence-corrected chi connectivity index (χ0v) is 15.8. The standard InChI is InChI=1S/C21H18ClN3O2/c1-3-16-11-20(27-24-16)21-14(2)25(13-23-21)17-5-4-6-19(12-17)26-18-9-7-15(22)8-10-18/h4-13H,3H2,1-2H3. The van der Waals surface area contributed by atoms with Gasteiger partial charge in [-0.3, -0.25) is 0 Å². The molecule has 0 spiro atoms. The molecule has 0 bridgehead atoms. The molecule has 5 nitrogen and oxygen atoms in total. The van der Waals surface area contributed by atoms with Crippen molar-refractivity contribution in [2.45, 2.75) is 20.3 Å². The minimum Gasteiger partial charge on any atom is -0.457 e. The number of hydrogen-bond donors (Lipinski definition) is 0. The first-order valence-electron chi connectivity index (χ1n) is 8.68. The maximum atomic E-state index is 5.92. The third-order valence-electron chi connectivity index (χ3n) is 4.31. The Morgan fingerprint density at radius 1 is 1.07 bits per heavy atom. The fourth-order valence-corrected chi connectivity index (χ4v) is 2.96. The lowest BCUT2D eigenvalue weighted by Crippen LogP contribution is -1.96. The number of benzene rings is 2. The van der Waals surface area contributed by atoms with E-state index in [1.165, 1.54) is 0 Å². The number of ether oxygens (including phenoxy) is 1. The van der Waals surface area contributed by atoms with Crippen molar-refractivity contribution in [1.29, 1.82) is 0 Å². The Morgan fingerprint density at radius 2 is 1.89 bits per heavy atom. The molecule has 4 aromatic rings. The molecular formula is C21H18ClN3O2. The van der Waals surface area contributed by atoms with Crippen LogP contribution in [-0.2, 0) is 6.42 Å². The maximum Gasteiger partial charge on any atom is 0.187 e. The van der Waals surface area contributed by atoms with Gasteiger partial charge in [-0.25, -0.2) is 4.98 Å². The van der Waals surface area contributed by atoms with Crippen molar-refractivity contribution >= 4 is 11.6 Å². The molecular weight excluding hydrogens is 362 g/mol. The highest BCUT2D eigenvalue weighted by Gasteiger charge is 2.15. The summed E-state index contributed by atoms with van der Waals surface area (Å²) >= 11 is 5.92. The molecule has 0 amide bonds. The molecule has 27 heavy (non-hydrogen) atoms. The first kappa shape index (κ1) is 17.4. The van der Waals surface area contributed by atoms with Crippen LogP contribution < -0.4 is 4.74 Å². The van der Waals surface area contributed by atoms with E-state index < -0.39 is 0 Å². The predicted octanol–water partition coefficient (Wildman–Crippen LogP) is 5.84. The molecule has 0 atom stereocenters. The first-order valence-corrected chi connectivity index (χ1v) is 9.05. The number of imidazole rings is 1. The van der Waals surface area contributed by atoms with Gasteiger partial charge in [0, 0.05) is 17.2 Å². The van der Waals surface area contributed by atoms with Crippen LogP contribution in [0, 0.1) is 6.92 Å². The fourth-order valence-electron chi connectivity index (χ4n) is 2.84. The second kappa shape index (κ2) is 7.29. The number of halogens is 1. The average molecular weight is 380 g/mol. The van der Waals surface area contributed by atoms with Gasteiger partial charge in [0.25, 0.3) is 0 Å². The highest BCUT2D eigenvalue weighted by Crippen LogP contribution is 2.28. The summed E-state index contributed by atoms with van der Waals surface area (Å²) in [4.78, 5) is 4.51. The van der Waals surface area contributed by atoms with E-state index in [1.807, 2.05) is 60.9 Å². The van der Waals surface area contributed by atoms with E-state index in [0.29, 0.717) is 10.8 Å². The van der Waals surface area contributed by atoms with Crippen LogP contribution in [0.25, 0.3) is 17.1 Å². The van der Waals surface area contributed by atoms with Crippen LogP contribution >= 0.6 is 11.6 Å². The van der Waals surface area contributed by atoms with Gasteiger partial charge in [0.2, 0.25) is 0 Å². The van der Waals surface area contributed by atoms with E-state index in [1.54, 1.807) is 18.5 Å². The van der Waals surface area contributed by atoms with Crippen LogP contribution in [0.3, 0.4) is 0 Å². The highest BCUT2D eigenvalue weighted by molar-refractivity contribution is 6.30. The lowest BCUT2D eigenvalue weighted by Gasteiger charge is -2.10. The van der Waals surface area contributed by atoms with Crippen LogP contribution in [0.2, 0.25) is 5.02 Å². The summed E-state index contributed by atoms with van der Waals surface area (Å²) in [6, 6.07) is 17.0. The third-order valence-corrected chi connectivity index (χ3v) is 4.56. The van der Waals surface area contributed by atoms with Crippen LogP contribution in [0.15, 0.2) is 65.4 Å². The number of hydrogen-bond acceptors (Lipinski definition) is 4. The Balaban J connectivity index is 1.63. The maximum absolute atomic E-state index is 5.92.